The van der Waals surface area contributed by atoms with Gasteiger partial charge < -0.3 is 9.64 Å². The van der Waals surface area contributed by atoms with E-state index in [1.54, 1.807) is 7.11 Å². The van der Waals surface area contributed by atoms with Gasteiger partial charge in [0.15, 0.2) is 0 Å². The highest BCUT2D eigenvalue weighted by Crippen LogP contribution is 2.29. The number of likely N-dealkylation sites (tertiary alicyclic amines) is 1. The molecule has 1 aromatic rings. The first-order valence-corrected chi connectivity index (χ1v) is 12.0. The summed E-state index contributed by atoms with van der Waals surface area (Å²) in [6.45, 7) is 4.55. The minimum Gasteiger partial charge on any atom is -0.383 e. The Morgan fingerprint density at radius 3 is 2.67 bits per heavy atom. The van der Waals surface area contributed by atoms with Crippen molar-refractivity contribution in [2.75, 3.05) is 39.9 Å². The number of carbonyl (C=O) groups excluding carboxylic acids is 1. The van der Waals surface area contributed by atoms with Crippen LogP contribution in [0.25, 0.3) is 0 Å². The molecule has 2 aliphatic carbocycles. The number of piperidine rings is 1. The highest BCUT2D eigenvalue weighted by Gasteiger charge is 2.31. The lowest BCUT2D eigenvalue weighted by molar-refractivity contribution is -0.132. The van der Waals surface area contributed by atoms with Gasteiger partial charge in [-0.05, 0) is 75.0 Å². The summed E-state index contributed by atoms with van der Waals surface area (Å²) in [4.78, 5) is 17.9. The molecule has 1 fully saturated rings. The third-order valence-corrected chi connectivity index (χ3v) is 7.26. The third-order valence-electron chi connectivity index (χ3n) is 7.26. The molecule has 1 atom stereocenters. The summed E-state index contributed by atoms with van der Waals surface area (Å²) < 4.78 is 5.32. The summed E-state index contributed by atoms with van der Waals surface area (Å²) in [6, 6.07) is 9.56. The number of ether oxygens (including phenoxy) is 1. The topological polar surface area (TPSA) is 32.8 Å². The Bertz CT molecular complexity index is 719. The number of rotatable bonds is 8. The maximum absolute atomic E-state index is 13.1. The van der Waals surface area contributed by atoms with E-state index in [2.05, 4.69) is 40.1 Å². The van der Waals surface area contributed by atoms with Crippen LogP contribution in [-0.2, 0) is 22.4 Å². The monoisotopic (exact) mass is 410 g/mol. The first kappa shape index (κ1) is 21.6. The zero-order valence-electron chi connectivity index (χ0n) is 18.7. The van der Waals surface area contributed by atoms with E-state index < -0.39 is 0 Å². The fraction of sp³-hybridized carbons (Fsp3) is 0.654. The number of hydrogen-bond donors (Lipinski definition) is 0. The van der Waals surface area contributed by atoms with Gasteiger partial charge in [0.25, 0.3) is 0 Å². The van der Waals surface area contributed by atoms with E-state index in [0.717, 1.165) is 25.9 Å². The Balaban J connectivity index is 1.34. The van der Waals surface area contributed by atoms with Gasteiger partial charge in [-0.15, -0.1) is 0 Å². The Morgan fingerprint density at radius 2 is 1.97 bits per heavy atom. The minimum absolute atomic E-state index is 0.297. The van der Waals surface area contributed by atoms with E-state index in [0.29, 0.717) is 37.4 Å². The van der Waals surface area contributed by atoms with Gasteiger partial charge in [-0.2, -0.15) is 0 Å². The van der Waals surface area contributed by atoms with Crippen molar-refractivity contribution in [3.63, 3.8) is 0 Å². The molecular weight excluding hydrogens is 372 g/mol. The van der Waals surface area contributed by atoms with Crippen molar-refractivity contribution in [3.05, 3.63) is 47.0 Å². The first-order chi connectivity index (χ1) is 14.7. The SMILES string of the molecule is COCCN(C[C@@H]1CCCN(C2Cc3ccccc3C2)C1)C(=O)CC1=CCCCC1. The number of hydrogen-bond acceptors (Lipinski definition) is 3. The second-order valence-corrected chi connectivity index (χ2v) is 9.45. The van der Waals surface area contributed by atoms with Crippen LogP contribution >= 0.6 is 0 Å². The van der Waals surface area contributed by atoms with Gasteiger partial charge in [0.05, 0.1) is 6.61 Å². The molecule has 0 saturated carbocycles. The van der Waals surface area contributed by atoms with Gasteiger partial charge in [-0.1, -0.05) is 35.9 Å². The van der Waals surface area contributed by atoms with Crippen LogP contribution < -0.4 is 0 Å². The highest BCUT2D eigenvalue weighted by atomic mass is 16.5. The molecule has 1 aromatic carbocycles. The van der Waals surface area contributed by atoms with Gasteiger partial charge in [-0.3, -0.25) is 9.69 Å². The molecule has 0 bridgehead atoms. The van der Waals surface area contributed by atoms with Crippen molar-refractivity contribution >= 4 is 5.91 Å². The molecule has 1 amide bonds. The van der Waals surface area contributed by atoms with E-state index in [1.165, 1.54) is 61.8 Å². The molecule has 4 heteroatoms. The van der Waals surface area contributed by atoms with E-state index in [9.17, 15) is 4.79 Å². The van der Waals surface area contributed by atoms with Crippen molar-refractivity contribution < 1.29 is 9.53 Å². The Hall–Kier alpha value is -1.65. The summed E-state index contributed by atoms with van der Waals surface area (Å²) in [6.07, 6.45) is 12.5. The summed E-state index contributed by atoms with van der Waals surface area (Å²) >= 11 is 0. The predicted octanol–water partition coefficient (Wildman–Crippen LogP) is 4.23. The lowest BCUT2D eigenvalue weighted by Crippen LogP contribution is -2.47. The molecule has 3 aliphatic rings. The molecular formula is C26H38N2O2. The van der Waals surface area contributed by atoms with Crippen molar-refractivity contribution in [1.29, 1.82) is 0 Å². The second-order valence-electron chi connectivity index (χ2n) is 9.45. The van der Waals surface area contributed by atoms with Crippen molar-refractivity contribution in [1.82, 2.24) is 9.80 Å². The Kier molecular flexibility index (Phi) is 7.62. The molecule has 0 N–H and O–H groups in total. The van der Waals surface area contributed by atoms with Crippen LogP contribution in [0.15, 0.2) is 35.9 Å². The van der Waals surface area contributed by atoms with Gasteiger partial charge in [-0.25, -0.2) is 0 Å². The maximum atomic E-state index is 13.1. The zero-order chi connectivity index (χ0) is 20.8. The van der Waals surface area contributed by atoms with Gasteiger partial charge in [0.2, 0.25) is 5.91 Å². The van der Waals surface area contributed by atoms with Gasteiger partial charge in [0.1, 0.15) is 0 Å². The lowest BCUT2D eigenvalue weighted by atomic mass is 9.94. The van der Waals surface area contributed by atoms with Crippen LogP contribution in [0.4, 0.5) is 0 Å². The van der Waals surface area contributed by atoms with Gasteiger partial charge >= 0.3 is 0 Å². The third kappa shape index (κ3) is 5.53. The molecule has 1 aliphatic heterocycles. The van der Waals surface area contributed by atoms with Crippen LogP contribution in [0.5, 0.6) is 0 Å². The van der Waals surface area contributed by atoms with Crippen LogP contribution in [-0.4, -0.2) is 61.6 Å². The van der Waals surface area contributed by atoms with Crippen molar-refractivity contribution in [2.24, 2.45) is 5.92 Å². The smallest absolute Gasteiger partial charge is 0.226 e. The summed E-state index contributed by atoms with van der Waals surface area (Å²) in [5.41, 5.74) is 4.41. The molecule has 1 heterocycles. The highest BCUT2D eigenvalue weighted by molar-refractivity contribution is 5.78. The number of amides is 1. The van der Waals surface area contributed by atoms with Crippen LogP contribution in [0.1, 0.15) is 56.1 Å². The second kappa shape index (κ2) is 10.6. The first-order valence-electron chi connectivity index (χ1n) is 12.0. The number of carbonyl (C=O) groups is 1. The number of nitrogens with zero attached hydrogens (tertiary/aromatic N) is 2. The molecule has 30 heavy (non-hydrogen) atoms. The largest absolute Gasteiger partial charge is 0.383 e. The van der Waals surface area contributed by atoms with Crippen molar-refractivity contribution in [3.8, 4) is 0 Å². The van der Waals surface area contributed by atoms with E-state index >= 15 is 0 Å². The number of benzene rings is 1. The molecule has 4 rings (SSSR count). The fourth-order valence-electron chi connectivity index (χ4n) is 5.57. The van der Waals surface area contributed by atoms with E-state index in [1.807, 2.05) is 0 Å². The normalized spacial score (nSPS) is 22.6. The Morgan fingerprint density at radius 1 is 1.17 bits per heavy atom. The molecule has 1 saturated heterocycles. The van der Waals surface area contributed by atoms with Crippen molar-refractivity contribution in [2.45, 2.75) is 63.8 Å². The standard InChI is InChI=1S/C26H38N2O2/c1-30-15-14-28(26(29)16-21-8-3-2-4-9-21)20-22-10-7-13-27(19-22)25-17-23-11-5-6-12-24(23)18-25/h5-6,8,11-12,22,25H,2-4,7,9-10,13-20H2,1H3/t22-/m1/s1. The lowest BCUT2D eigenvalue weighted by Gasteiger charge is -2.39. The van der Waals surface area contributed by atoms with E-state index in [4.69, 9.17) is 4.74 Å². The van der Waals surface area contributed by atoms with Crippen LogP contribution in [0.2, 0.25) is 0 Å². The number of fused-ring (bicyclic) bond motifs is 1. The molecule has 0 spiro atoms. The Labute approximate surface area is 182 Å². The average molecular weight is 411 g/mol. The van der Waals surface area contributed by atoms with E-state index in [-0.39, 0.29) is 0 Å². The zero-order valence-corrected chi connectivity index (χ0v) is 18.7. The fourth-order valence-corrected chi connectivity index (χ4v) is 5.57. The summed E-state index contributed by atoms with van der Waals surface area (Å²) in [5.74, 6) is 0.870. The van der Waals surface area contributed by atoms with Crippen LogP contribution in [0, 0.1) is 5.92 Å². The molecule has 0 aromatic heterocycles. The molecule has 0 radical (unpaired) electrons. The minimum atomic E-state index is 0.297. The predicted molar refractivity (Wildman–Crippen MR) is 122 cm³/mol. The molecule has 4 nitrogen and oxygen atoms in total. The quantitative estimate of drug-likeness (QED) is 0.601. The number of allylic oxidation sites excluding steroid dienone is 1. The summed E-state index contributed by atoms with van der Waals surface area (Å²) in [7, 11) is 1.73. The average Bonchev–Trinajstić information content (AvgIpc) is 3.22. The van der Waals surface area contributed by atoms with Crippen LogP contribution in [0.3, 0.4) is 0 Å². The number of methoxy groups -OCH3 is 1. The van der Waals surface area contributed by atoms with Gasteiger partial charge in [0, 0.05) is 39.2 Å². The summed E-state index contributed by atoms with van der Waals surface area (Å²) in [5, 5.41) is 0. The molecule has 164 valence electrons. The maximum Gasteiger partial charge on any atom is 0.226 e. The molecule has 0 unspecified atom stereocenters.